The molecule has 3 rings (SSSR count). The Labute approximate surface area is 161 Å². The van der Waals surface area contributed by atoms with E-state index in [1.165, 1.54) is 12.8 Å². The second-order valence-corrected chi connectivity index (χ2v) is 8.03. The minimum atomic E-state index is -0.00375. The van der Waals surface area contributed by atoms with Crippen molar-refractivity contribution in [3.8, 4) is 0 Å². The highest BCUT2D eigenvalue weighted by Crippen LogP contribution is 2.24. The van der Waals surface area contributed by atoms with Crippen molar-refractivity contribution in [2.45, 2.75) is 52.4 Å². The van der Waals surface area contributed by atoms with Crippen molar-refractivity contribution >= 4 is 11.8 Å². The lowest BCUT2D eigenvalue weighted by Crippen LogP contribution is -2.51. The van der Waals surface area contributed by atoms with Crippen LogP contribution in [0.2, 0.25) is 0 Å². The second-order valence-electron chi connectivity index (χ2n) is 8.03. The third-order valence-electron chi connectivity index (χ3n) is 5.60. The van der Waals surface area contributed by atoms with Crippen LogP contribution in [0.25, 0.3) is 0 Å². The highest BCUT2D eigenvalue weighted by atomic mass is 16.5. The zero-order chi connectivity index (χ0) is 19.4. The number of aryl methyl sites for hydroxylation is 1. The Morgan fingerprint density at radius 3 is 2.19 bits per heavy atom. The number of hydrogen-bond acceptors (Lipinski definition) is 5. The maximum atomic E-state index is 13.0. The zero-order valence-corrected chi connectivity index (χ0v) is 16.9. The summed E-state index contributed by atoms with van der Waals surface area (Å²) >= 11 is 0. The maximum Gasteiger partial charge on any atom is 0.259 e. The molecule has 0 aromatic carbocycles. The molecule has 2 fully saturated rings. The lowest BCUT2D eigenvalue weighted by Gasteiger charge is -2.35. The second kappa shape index (κ2) is 8.87. The summed E-state index contributed by atoms with van der Waals surface area (Å²) in [5.41, 5.74) is 1.27. The van der Waals surface area contributed by atoms with Crippen LogP contribution < -0.4 is 0 Å². The number of rotatable bonds is 4. The van der Waals surface area contributed by atoms with Crippen molar-refractivity contribution in [2.24, 2.45) is 0 Å². The highest BCUT2D eigenvalue weighted by molar-refractivity contribution is 5.96. The van der Waals surface area contributed by atoms with E-state index in [-0.39, 0.29) is 17.7 Å². The molecule has 0 unspecified atom stereocenters. The largest absolute Gasteiger partial charge is 0.360 e. The summed E-state index contributed by atoms with van der Waals surface area (Å²) in [4.78, 5) is 31.6. The fourth-order valence-corrected chi connectivity index (χ4v) is 3.92. The molecule has 2 aliphatic rings. The molecule has 7 nitrogen and oxygen atoms in total. The van der Waals surface area contributed by atoms with Crippen LogP contribution in [0.4, 0.5) is 0 Å². The summed E-state index contributed by atoms with van der Waals surface area (Å²) in [6.45, 7) is 10.8. The van der Waals surface area contributed by atoms with E-state index < -0.39 is 0 Å². The summed E-state index contributed by atoms with van der Waals surface area (Å²) in [6, 6.07) is 0. The van der Waals surface area contributed by atoms with E-state index in [0.29, 0.717) is 36.7 Å². The smallest absolute Gasteiger partial charge is 0.259 e. The Morgan fingerprint density at radius 2 is 1.59 bits per heavy atom. The van der Waals surface area contributed by atoms with Gasteiger partial charge in [0.05, 0.1) is 12.2 Å². The number of aromatic nitrogens is 1. The van der Waals surface area contributed by atoms with Crippen LogP contribution in [0.5, 0.6) is 0 Å². The molecule has 0 N–H and O–H groups in total. The van der Waals surface area contributed by atoms with Gasteiger partial charge in [0.25, 0.3) is 5.91 Å². The normalized spacial score (nSPS) is 19.4. The van der Waals surface area contributed by atoms with Crippen LogP contribution in [0.15, 0.2) is 4.52 Å². The molecule has 3 heterocycles. The highest BCUT2D eigenvalue weighted by Gasteiger charge is 2.30. The molecular weight excluding hydrogens is 344 g/mol. The first kappa shape index (κ1) is 19.9. The summed E-state index contributed by atoms with van der Waals surface area (Å²) in [7, 11) is 0. The van der Waals surface area contributed by atoms with Gasteiger partial charge in [-0.2, -0.15) is 0 Å². The van der Waals surface area contributed by atoms with Crippen LogP contribution >= 0.6 is 0 Å². The Morgan fingerprint density at radius 1 is 0.963 bits per heavy atom. The summed E-state index contributed by atoms with van der Waals surface area (Å²) in [5, 5.41) is 3.98. The summed E-state index contributed by atoms with van der Waals surface area (Å²) in [5.74, 6) is 1.01. The van der Waals surface area contributed by atoms with Gasteiger partial charge in [0.2, 0.25) is 5.91 Å². The van der Waals surface area contributed by atoms with Crippen LogP contribution in [0.1, 0.15) is 67.3 Å². The van der Waals surface area contributed by atoms with Crippen LogP contribution in [0, 0.1) is 6.92 Å². The Balaban J connectivity index is 1.53. The standard InChI is InChI=1S/C20H32N4O3/c1-15(2)19-18(16(3)21-27-19)20(26)24-12-10-22(11-13-24)14-17(25)23-8-6-4-5-7-9-23/h15H,4-14H2,1-3H3. The monoisotopic (exact) mass is 376 g/mol. The van der Waals surface area contributed by atoms with E-state index >= 15 is 0 Å². The molecule has 1 aromatic heterocycles. The Bertz CT molecular complexity index is 654. The van der Waals surface area contributed by atoms with Crippen molar-refractivity contribution in [1.82, 2.24) is 19.9 Å². The summed E-state index contributed by atoms with van der Waals surface area (Å²) < 4.78 is 5.36. The molecule has 0 aliphatic carbocycles. The van der Waals surface area contributed by atoms with E-state index in [4.69, 9.17) is 4.52 Å². The van der Waals surface area contributed by atoms with Gasteiger partial charge >= 0.3 is 0 Å². The van der Waals surface area contributed by atoms with Crippen molar-refractivity contribution < 1.29 is 14.1 Å². The van der Waals surface area contributed by atoms with E-state index in [1.807, 2.05) is 30.6 Å². The first-order valence-corrected chi connectivity index (χ1v) is 10.2. The Hall–Kier alpha value is -1.89. The van der Waals surface area contributed by atoms with Crippen LogP contribution in [0.3, 0.4) is 0 Å². The number of nitrogens with zero attached hydrogens (tertiary/aromatic N) is 4. The molecule has 7 heteroatoms. The number of hydrogen-bond donors (Lipinski definition) is 0. The summed E-state index contributed by atoms with van der Waals surface area (Å²) in [6.07, 6.45) is 4.69. The fourth-order valence-electron chi connectivity index (χ4n) is 3.92. The van der Waals surface area contributed by atoms with Gasteiger partial charge in [-0.3, -0.25) is 14.5 Å². The molecule has 2 amide bonds. The molecule has 0 bridgehead atoms. The quantitative estimate of drug-likeness (QED) is 0.806. The maximum absolute atomic E-state index is 13.0. The predicted octanol–water partition coefficient (Wildman–Crippen LogP) is 2.27. The van der Waals surface area contributed by atoms with E-state index in [9.17, 15) is 9.59 Å². The van der Waals surface area contributed by atoms with Gasteiger partial charge in [0.15, 0.2) is 5.76 Å². The van der Waals surface area contributed by atoms with Crippen LogP contribution in [-0.2, 0) is 4.79 Å². The average Bonchev–Trinajstić information content (AvgIpc) is 2.86. The van der Waals surface area contributed by atoms with Gasteiger partial charge in [-0.15, -0.1) is 0 Å². The third kappa shape index (κ3) is 4.69. The zero-order valence-electron chi connectivity index (χ0n) is 16.9. The molecule has 27 heavy (non-hydrogen) atoms. The topological polar surface area (TPSA) is 69.9 Å². The number of carbonyl (C=O) groups excluding carboxylic acids is 2. The molecule has 0 radical (unpaired) electrons. The van der Waals surface area contributed by atoms with Crippen molar-refractivity contribution in [2.75, 3.05) is 45.8 Å². The molecule has 150 valence electrons. The third-order valence-corrected chi connectivity index (χ3v) is 5.60. The molecule has 2 saturated heterocycles. The van der Waals surface area contributed by atoms with Gasteiger partial charge in [-0.1, -0.05) is 31.8 Å². The minimum Gasteiger partial charge on any atom is -0.360 e. The Kier molecular flexibility index (Phi) is 6.52. The van der Waals surface area contributed by atoms with Gasteiger partial charge in [0, 0.05) is 45.2 Å². The van der Waals surface area contributed by atoms with E-state index in [1.54, 1.807) is 0 Å². The fraction of sp³-hybridized carbons (Fsp3) is 0.750. The lowest BCUT2D eigenvalue weighted by atomic mass is 10.0. The SMILES string of the molecule is Cc1noc(C(C)C)c1C(=O)N1CCN(CC(=O)N2CCCCCC2)CC1. The molecule has 0 atom stereocenters. The number of piperazine rings is 1. The van der Waals surface area contributed by atoms with Crippen LogP contribution in [-0.4, -0.2) is 77.5 Å². The van der Waals surface area contributed by atoms with Gasteiger partial charge in [0.1, 0.15) is 5.56 Å². The van der Waals surface area contributed by atoms with E-state index in [0.717, 1.165) is 39.0 Å². The van der Waals surface area contributed by atoms with Crippen molar-refractivity contribution in [3.05, 3.63) is 17.0 Å². The molecule has 0 saturated carbocycles. The minimum absolute atomic E-state index is 0.00375. The molecule has 1 aromatic rings. The lowest BCUT2D eigenvalue weighted by molar-refractivity contribution is -0.132. The number of amides is 2. The first-order chi connectivity index (χ1) is 13.0. The number of likely N-dealkylation sites (tertiary alicyclic amines) is 1. The first-order valence-electron chi connectivity index (χ1n) is 10.2. The molecular formula is C20H32N4O3. The van der Waals surface area contributed by atoms with E-state index in [2.05, 4.69) is 10.1 Å². The predicted molar refractivity (Wildman–Crippen MR) is 103 cm³/mol. The average molecular weight is 377 g/mol. The van der Waals surface area contributed by atoms with Crippen molar-refractivity contribution in [1.29, 1.82) is 0 Å². The van der Waals surface area contributed by atoms with Crippen molar-refractivity contribution in [3.63, 3.8) is 0 Å². The van der Waals surface area contributed by atoms with Gasteiger partial charge in [-0.05, 0) is 19.8 Å². The van der Waals surface area contributed by atoms with Gasteiger partial charge in [-0.25, -0.2) is 0 Å². The number of carbonyl (C=O) groups is 2. The molecule has 2 aliphatic heterocycles. The molecule has 0 spiro atoms. The van der Waals surface area contributed by atoms with Gasteiger partial charge < -0.3 is 14.3 Å².